The van der Waals surface area contributed by atoms with Crippen LogP contribution in [-0.4, -0.2) is 5.33 Å². The minimum Gasteiger partial charge on any atom is -0.145 e. The van der Waals surface area contributed by atoms with Crippen LogP contribution in [0, 0.1) is 13.8 Å². The molecule has 0 unspecified atom stereocenters. The van der Waals surface area contributed by atoms with Crippen molar-refractivity contribution in [1.82, 2.24) is 0 Å². The maximum Gasteiger partial charge on any atom is 0.0242 e. The molecule has 1 heterocycles. The molecule has 66 valence electrons. The molecule has 1 aromatic heterocycles. The van der Waals surface area contributed by atoms with Crippen LogP contribution in [0.5, 0.6) is 0 Å². The second-order valence-corrected chi connectivity index (χ2v) is 5.01. The fourth-order valence-electron chi connectivity index (χ4n) is 1.10. The van der Waals surface area contributed by atoms with E-state index < -0.39 is 0 Å². The van der Waals surface area contributed by atoms with Crippen LogP contribution in [0.1, 0.15) is 22.2 Å². The monoisotopic (exact) mass is 244 g/mol. The lowest BCUT2D eigenvalue weighted by Crippen LogP contribution is -1.76. The third-order valence-electron chi connectivity index (χ3n) is 1.69. The average molecular weight is 245 g/mol. The van der Waals surface area contributed by atoms with Crippen molar-refractivity contribution < 1.29 is 0 Å². The van der Waals surface area contributed by atoms with E-state index in [0.29, 0.717) is 0 Å². The molecule has 0 saturated carbocycles. The highest BCUT2D eigenvalue weighted by atomic mass is 79.9. The third kappa shape index (κ3) is 2.46. The highest BCUT2D eigenvalue weighted by Gasteiger charge is 1.99. The van der Waals surface area contributed by atoms with Crippen LogP contribution >= 0.6 is 27.3 Å². The van der Waals surface area contributed by atoms with Gasteiger partial charge < -0.3 is 0 Å². The quantitative estimate of drug-likeness (QED) is 0.686. The minimum atomic E-state index is 0.960. The van der Waals surface area contributed by atoms with Crippen LogP contribution in [-0.2, 0) is 0 Å². The van der Waals surface area contributed by atoms with E-state index in [-0.39, 0.29) is 0 Å². The smallest absolute Gasteiger partial charge is 0.0242 e. The Kier molecular flexibility index (Phi) is 3.53. The summed E-state index contributed by atoms with van der Waals surface area (Å²) in [7, 11) is 0. The van der Waals surface area contributed by atoms with Crippen molar-refractivity contribution in [2.45, 2.75) is 20.8 Å². The SMILES string of the molecule is CC(=Cc1cc(C)sc1C)CBr. The topological polar surface area (TPSA) is 0 Å². The van der Waals surface area contributed by atoms with Crippen LogP contribution in [0.25, 0.3) is 6.08 Å². The number of aryl methyl sites for hydroxylation is 2. The molecule has 0 fully saturated rings. The summed E-state index contributed by atoms with van der Waals surface area (Å²) in [5, 5.41) is 0.960. The highest BCUT2D eigenvalue weighted by Crippen LogP contribution is 2.22. The Labute approximate surface area is 86.4 Å². The van der Waals surface area contributed by atoms with Gasteiger partial charge in [0.25, 0.3) is 0 Å². The van der Waals surface area contributed by atoms with E-state index in [1.165, 1.54) is 20.9 Å². The Morgan fingerprint density at radius 1 is 1.58 bits per heavy atom. The van der Waals surface area contributed by atoms with Gasteiger partial charge in [0.15, 0.2) is 0 Å². The van der Waals surface area contributed by atoms with E-state index in [2.05, 4.69) is 48.8 Å². The number of alkyl halides is 1. The molecule has 0 saturated heterocycles. The zero-order chi connectivity index (χ0) is 9.14. The first-order chi connectivity index (χ1) is 5.63. The summed E-state index contributed by atoms with van der Waals surface area (Å²) in [6, 6.07) is 2.24. The summed E-state index contributed by atoms with van der Waals surface area (Å²) >= 11 is 5.30. The number of hydrogen-bond donors (Lipinski definition) is 0. The van der Waals surface area contributed by atoms with E-state index in [9.17, 15) is 0 Å². The van der Waals surface area contributed by atoms with Crippen molar-refractivity contribution in [3.63, 3.8) is 0 Å². The Hall–Kier alpha value is -0.0800. The molecule has 0 nitrogen and oxygen atoms in total. The van der Waals surface area contributed by atoms with Crippen molar-refractivity contribution in [1.29, 1.82) is 0 Å². The minimum absolute atomic E-state index is 0.960. The van der Waals surface area contributed by atoms with Gasteiger partial charge in [-0.25, -0.2) is 0 Å². The summed E-state index contributed by atoms with van der Waals surface area (Å²) in [6.45, 7) is 6.46. The molecular weight excluding hydrogens is 232 g/mol. The third-order valence-corrected chi connectivity index (χ3v) is 3.56. The molecule has 0 N–H and O–H groups in total. The van der Waals surface area contributed by atoms with Crippen molar-refractivity contribution in [3.8, 4) is 0 Å². The zero-order valence-electron chi connectivity index (χ0n) is 7.65. The Morgan fingerprint density at radius 2 is 2.25 bits per heavy atom. The van der Waals surface area contributed by atoms with E-state index >= 15 is 0 Å². The molecule has 0 spiro atoms. The molecule has 0 aromatic carbocycles. The number of rotatable bonds is 2. The van der Waals surface area contributed by atoms with Gasteiger partial charge in [0.05, 0.1) is 0 Å². The molecule has 0 atom stereocenters. The zero-order valence-corrected chi connectivity index (χ0v) is 10.1. The molecule has 0 aliphatic heterocycles. The first kappa shape index (κ1) is 10.0. The van der Waals surface area contributed by atoms with Crippen molar-refractivity contribution in [2.24, 2.45) is 0 Å². The summed E-state index contributed by atoms with van der Waals surface area (Å²) in [4.78, 5) is 2.80. The molecule has 0 aliphatic carbocycles. The maximum atomic E-state index is 3.44. The fraction of sp³-hybridized carbons (Fsp3) is 0.400. The summed E-state index contributed by atoms with van der Waals surface area (Å²) < 4.78 is 0. The molecule has 1 aromatic rings. The molecule has 2 heteroatoms. The molecule has 0 bridgehead atoms. The largest absolute Gasteiger partial charge is 0.145 e. The summed E-state index contributed by atoms with van der Waals surface area (Å²) in [6.07, 6.45) is 2.24. The van der Waals surface area contributed by atoms with Crippen molar-refractivity contribution in [2.75, 3.05) is 5.33 Å². The molecule has 1 rings (SSSR count). The van der Waals surface area contributed by atoms with Crippen LogP contribution in [0.15, 0.2) is 11.6 Å². The molecule has 12 heavy (non-hydrogen) atoms. The lowest BCUT2D eigenvalue weighted by molar-refractivity contribution is 1.44. The summed E-state index contributed by atoms with van der Waals surface area (Å²) in [5.74, 6) is 0. The number of hydrogen-bond acceptors (Lipinski definition) is 1. The van der Waals surface area contributed by atoms with Gasteiger partial charge in [-0.3, -0.25) is 0 Å². The predicted molar refractivity (Wildman–Crippen MR) is 61.2 cm³/mol. The van der Waals surface area contributed by atoms with Crippen LogP contribution in [0.2, 0.25) is 0 Å². The van der Waals surface area contributed by atoms with Gasteiger partial charge >= 0.3 is 0 Å². The van der Waals surface area contributed by atoms with E-state index in [1.807, 2.05) is 11.3 Å². The number of halogens is 1. The van der Waals surface area contributed by atoms with Gasteiger partial charge in [0.1, 0.15) is 0 Å². The maximum absolute atomic E-state index is 3.44. The van der Waals surface area contributed by atoms with Gasteiger partial charge in [0.2, 0.25) is 0 Å². The number of allylic oxidation sites excluding steroid dienone is 1. The normalized spacial score (nSPS) is 12.2. The lowest BCUT2D eigenvalue weighted by atomic mass is 10.2. The van der Waals surface area contributed by atoms with Crippen LogP contribution in [0.3, 0.4) is 0 Å². The van der Waals surface area contributed by atoms with E-state index in [0.717, 1.165) is 5.33 Å². The molecule has 0 radical (unpaired) electrons. The average Bonchev–Trinajstić information content (AvgIpc) is 2.30. The Morgan fingerprint density at radius 3 is 2.67 bits per heavy atom. The van der Waals surface area contributed by atoms with Crippen molar-refractivity contribution in [3.05, 3.63) is 27.0 Å². The van der Waals surface area contributed by atoms with E-state index in [1.54, 1.807) is 0 Å². The number of thiophene rings is 1. The van der Waals surface area contributed by atoms with Gasteiger partial charge in [-0.1, -0.05) is 27.6 Å². The summed E-state index contributed by atoms with van der Waals surface area (Å²) in [5.41, 5.74) is 2.74. The second-order valence-electron chi connectivity index (χ2n) is 2.99. The highest BCUT2D eigenvalue weighted by molar-refractivity contribution is 9.09. The Bertz CT molecular complexity index is 297. The van der Waals surface area contributed by atoms with Gasteiger partial charge in [-0.2, -0.15) is 0 Å². The molecule has 0 aliphatic rings. The second kappa shape index (κ2) is 4.24. The van der Waals surface area contributed by atoms with Crippen LogP contribution < -0.4 is 0 Å². The van der Waals surface area contributed by atoms with Gasteiger partial charge in [-0.05, 0) is 32.4 Å². The van der Waals surface area contributed by atoms with Crippen molar-refractivity contribution >= 4 is 33.3 Å². The predicted octanol–water partition coefficient (Wildman–Crippen LogP) is 4.16. The Balaban J connectivity index is 2.95. The lowest BCUT2D eigenvalue weighted by Gasteiger charge is -1.93. The fourth-order valence-corrected chi connectivity index (χ4v) is 2.16. The standard InChI is InChI=1S/C10H13BrS/c1-7(6-11)4-10-5-8(2)12-9(10)3/h4-5H,6H2,1-3H3. The van der Waals surface area contributed by atoms with Crippen LogP contribution in [0.4, 0.5) is 0 Å². The van der Waals surface area contributed by atoms with Gasteiger partial charge in [0, 0.05) is 15.1 Å². The van der Waals surface area contributed by atoms with E-state index in [4.69, 9.17) is 0 Å². The molecule has 0 amide bonds. The first-order valence-electron chi connectivity index (χ1n) is 3.93. The van der Waals surface area contributed by atoms with Gasteiger partial charge in [-0.15, -0.1) is 11.3 Å². The molecular formula is C10H13BrS. The first-order valence-corrected chi connectivity index (χ1v) is 5.87.